The van der Waals surface area contributed by atoms with Gasteiger partial charge in [0.1, 0.15) is 23.5 Å². The Morgan fingerprint density at radius 3 is 2.69 bits per heavy atom. The second-order valence-electron chi connectivity index (χ2n) is 9.95. The van der Waals surface area contributed by atoms with Crippen molar-refractivity contribution in [2.75, 3.05) is 31.2 Å². The van der Waals surface area contributed by atoms with E-state index in [2.05, 4.69) is 25.4 Å². The summed E-state index contributed by atoms with van der Waals surface area (Å²) in [6.07, 6.45) is 5.15. The van der Waals surface area contributed by atoms with Crippen molar-refractivity contribution in [1.29, 1.82) is 0 Å². The fourth-order valence-electron chi connectivity index (χ4n) is 4.30. The summed E-state index contributed by atoms with van der Waals surface area (Å²) < 4.78 is 24.5. The lowest BCUT2D eigenvalue weighted by Crippen LogP contribution is -2.35. The van der Waals surface area contributed by atoms with Crippen LogP contribution in [0.3, 0.4) is 0 Å². The summed E-state index contributed by atoms with van der Waals surface area (Å²) in [4.78, 5) is 19.2. The third kappa shape index (κ3) is 4.56. The van der Waals surface area contributed by atoms with Gasteiger partial charge in [0.25, 0.3) is 5.91 Å². The fraction of sp³-hybridized carbons (Fsp3) is 0.385. The molecule has 1 amide bonds. The maximum atomic E-state index is 15.6. The predicted octanol–water partition coefficient (Wildman–Crippen LogP) is 3.56. The Labute approximate surface area is 208 Å². The van der Waals surface area contributed by atoms with Crippen LogP contribution in [0.4, 0.5) is 10.1 Å². The van der Waals surface area contributed by atoms with E-state index in [1.807, 2.05) is 39.1 Å². The minimum Gasteiger partial charge on any atom is -0.378 e. The molecule has 4 heterocycles. The second kappa shape index (κ2) is 9.34. The second-order valence-corrected chi connectivity index (χ2v) is 9.95. The van der Waals surface area contributed by atoms with Gasteiger partial charge in [0.2, 0.25) is 0 Å². The maximum absolute atomic E-state index is 15.6. The zero-order chi connectivity index (χ0) is 25.4. The summed E-state index contributed by atoms with van der Waals surface area (Å²) in [5, 5.41) is 11.5. The number of amides is 1. The number of aromatic nitrogens is 5. The van der Waals surface area contributed by atoms with Gasteiger partial charge in [-0.25, -0.2) is 13.9 Å². The molecule has 1 N–H and O–H groups in total. The Bertz CT molecular complexity index is 1410. The fourth-order valence-corrected chi connectivity index (χ4v) is 4.30. The van der Waals surface area contributed by atoms with Gasteiger partial charge in [-0.3, -0.25) is 9.48 Å². The number of ether oxygens (including phenoxy) is 1. The predicted molar refractivity (Wildman–Crippen MR) is 135 cm³/mol. The molecule has 1 aliphatic heterocycles. The highest BCUT2D eigenvalue weighted by Crippen LogP contribution is 2.31. The lowest BCUT2D eigenvalue weighted by atomic mass is 10.0. The van der Waals surface area contributed by atoms with Crippen molar-refractivity contribution in [3.8, 4) is 11.3 Å². The van der Waals surface area contributed by atoms with E-state index in [4.69, 9.17) is 4.74 Å². The quantitative estimate of drug-likeness (QED) is 0.459. The van der Waals surface area contributed by atoms with Gasteiger partial charge in [-0.2, -0.15) is 10.2 Å². The van der Waals surface area contributed by atoms with Crippen LogP contribution in [0, 0.1) is 12.7 Å². The minimum atomic E-state index is -0.367. The van der Waals surface area contributed by atoms with Crippen LogP contribution >= 0.6 is 0 Å². The smallest absolute Gasteiger partial charge is 0.272 e. The number of carbonyl (C=O) groups excluding carboxylic acids is 1. The molecule has 1 aliphatic rings. The van der Waals surface area contributed by atoms with Crippen LogP contribution in [0.25, 0.3) is 16.8 Å². The first-order chi connectivity index (χ1) is 17.2. The molecular formula is C26H30FN7O2. The van der Waals surface area contributed by atoms with E-state index in [1.54, 1.807) is 34.5 Å². The van der Waals surface area contributed by atoms with Crippen LogP contribution in [0.2, 0.25) is 0 Å². The van der Waals surface area contributed by atoms with Gasteiger partial charge in [-0.15, -0.1) is 0 Å². The number of hydrogen-bond acceptors (Lipinski definition) is 6. The van der Waals surface area contributed by atoms with Crippen molar-refractivity contribution in [2.24, 2.45) is 0 Å². The van der Waals surface area contributed by atoms with Crippen LogP contribution in [-0.2, 0) is 16.8 Å². The summed E-state index contributed by atoms with van der Waals surface area (Å²) in [5.74, 6) is -0.670. The molecule has 3 aromatic heterocycles. The molecule has 0 aliphatic carbocycles. The monoisotopic (exact) mass is 491 g/mol. The van der Waals surface area contributed by atoms with Gasteiger partial charge in [-0.1, -0.05) is 6.07 Å². The third-order valence-electron chi connectivity index (χ3n) is 6.47. The molecular weight excluding hydrogens is 461 g/mol. The first-order valence-electron chi connectivity index (χ1n) is 12.0. The van der Waals surface area contributed by atoms with E-state index in [0.717, 1.165) is 24.3 Å². The van der Waals surface area contributed by atoms with Gasteiger partial charge in [-0.05, 0) is 57.0 Å². The zero-order valence-electron chi connectivity index (χ0n) is 21.0. The average Bonchev–Trinajstić information content (AvgIpc) is 3.53. The molecule has 0 atom stereocenters. The van der Waals surface area contributed by atoms with Gasteiger partial charge < -0.3 is 15.0 Å². The molecule has 9 nitrogen and oxygen atoms in total. The minimum absolute atomic E-state index is 0.190. The number of morpholine rings is 1. The number of nitrogens with zero attached hydrogens (tertiary/aromatic N) is 6. The maximum Gasteiger partial charge on any atom is 0.272 e. The number of rotatable bonds is 5. The Balaban J connectivity index is 1.37. The molecule has 5 rings (SSSR count). The van der Waals surface area contributed by atoms with Crippen LogP contribution in [0.5, 0.6) is 0 Å². The largest absolute Gasteiger partial charge is 0.378 e. The van der Waals surface area contributed by atoms with Crippen molar-refractivity contribution in [1.82, 2.24) is 29.7 Å². The Kier molecular flexibility index (Phi) is 6.21. The number of fused-ring (bicyclic) bond motifs is 1. The van der Waals surface area contributed by atoms with Crippen molar-refractivity contribution >= 4 is 17.1 Å². The number of hydrogen-bond donors (Lipinski definition) is 1. The van der Waals surface area contributed by atoms with Crippen molar-refractivity contribution in [3.63, 3.8) is 0 Å². The molecule has 1 aromatic carbocycles. The molecule has 1 fully saturated rings. The molecule has 0 saturated carbocycles. The first kappa shape index (κ1) is 23.9. The van der Waals surface area contributed by atoms with Gasteiger partial charge >= 0.3 is 0 Å². The molecule has 4 aromatic rings. The van der Waals surface area contributed by atoms with E-state index in [-0.39, 0.29) is 23.8 Å². The van der Waals surface area contributed by atoms with Crippen LogP contribution < -0.4 is 10.2 Å². The SMILES string of the molecule is Cc1c(CNC(=O)c2ccn(C(C)(C)C)n2)ccc(-c2ncnn3cc(N4CCOCC4)cc23)c1F. The molecule has 188 valence electrons. The van der Waals surface area contributed by atoms with Crippen LogP contribution in [-0.4, -0.2) is 56.6 Å². The molecule has 0 radical (unpaired) electrons. The molecule has 0 spiro atoms. The van der Waals surface area contributed by atoms with Gasteiger partial charge in [0.15, 0.2) is 0 Å². The number of carbonyl (C=O) groups is 1. The van der Waals surface area contributed by atoms with E-state index in [1.165, 1.54) is 6.33 Å². The Morgan fingerprint density at radius 2 is 1.97 bits per heavy atom. The summed E-state index contributed by atoms with van der Waals surface area (Å²) in [7, 11) is 0. The standard InChI is InChI=1S/C26H30FN7O2/c1-17-18(14-28-25(35)21-7-8-34(31-21)26(2,3)4)5-6-20(23(17)27)24-22-13-19(15-33(22)30-16-29-24)32-9-11-36-12-10-32/h5-8,13,15-16H,9-12,14H2,1-4H3,(H,28,35). The molecule has 1 saturated heterocycles. The zero-order valence-corrected chi connectivity index (χ0v) is 21.0. The number of halogens is 1. The number of anilines is 1. The highest BCUT2D eigenvalue weighted by molar-refractivity contribution is 5.92. The lowest BCUT2D eigenvalue weighted by molar-refractivity contribution is 0.0944. The average molecular weight is 492 g/mol. The summed E-state index contributed by atoms with van der Waals surface area (Å²) >= 11 is 0. The Hall–Kier alpha value is -3.79. The highest BCUT2D eigenvalue weighted by atomic mass is 19.1. The van der Waals surface area contributed by atoms with E-state index in [0.29, 0.717) is 41.3 Å². The molecule has 0 unspecified atom stereocenters. The van der Waals surface area contributed by atoms with Gasteiger partial charge in [0, 0.05) is 31.4 Å². The molecule has 10 heteroatoms. The normalized spacial score (nSPS) is 14.4. The van der Waals surface area contributed by atoms with Crippen molar-refractivity contribution in [2.45, 2.75) is 39.8 Å². The van der Waals surface area contributed by atoms with E-state index in [9.17, 15) is 4.79 Å². The first-order valence-corrected chi connectivity index (χ1v) is 12.0. The van der Waals surface area contributed by atoms with Crippen LogP contribution in [0.15, 0.2) is 43.0 Å². The van der Waals surface area contributed by atoms with Crippen molar-refractivity contribution < 1.29 is 13.9 Å². The van der Waals surface area contributed by atoms with Crippen molar-refractivity contribution in [3.05, 3.63) is 65.6 Å². The highest BCUT2D eigenvalue weighted by Gasteiger charge is 2.20. The molecule has 0 bridgehead atoms. The number of benzene rings is 1. The topological polar surface area (TPSA) is 89.6 Å². The summed E-state index contributed by atoms with van der Waals surface area (Å²) in [6.45, 7) is 10.9. The van der Waals surface area contributed by atoms with Crippen LogP contribution in [0.1, 0.15) is 42.4 Å². The molecule has 36 heavy (non-hydrogen) atoms. The lowest BCUT2D eigenvalue weighted by Gasteiger charge is -2.27. The van der Waals surface area contributed by atoms with E-state index < -0.39 is 0 Å². The summed E-state index contributed by atoms with van der Waals surface area (Å²) in [5.41, 5.74) is 3.91. The summed E-state index contributed by atoms with van der Waals surface area (Å²) in [6, 6.07) is 7.20. The number of nitrogens with one attached hydrogen (secondary N) is 1. The Morgan fingerprint density at radius 1 is 1.19 bits per heavy atom. The van der Waals surface area contributed by atoms with E-state index >= 15 is 4.39 Å². The van der Waals surface area contributed by atoms with Gasteiger partial charge in [0.05, 0.1) is 36.2 Å². The third-order valence-corrected chi connectivity index (χ3v) is 6.47.